The molecule has 8 heteroatoms. The third-order valence-electron chi connectivity index (χ3n) is 2.63. The molecule has 0 aliphatic rings. The lowest BCUT2D eigenvalue weighted by atomic mass is 10.4. The van der Waals surface area contributed by atoms with E-state index < -0.39 is 5.97 Å². The summed E-state index contributed by atoms with van der Waals surface area (Å²) in [4.78, 5) is 23.0. The van der Waals surface area contributed by atoms with E-state index >= 15 is 0 Å². The SMILES string of the molecule is CC(C)n1cnc2c(NCCC(=O)O)nc(N)nc21. The molecular formula is C11H16N6O2. The summed E-state index contributed by atoms with van der Waals surface area (Å²) in [6.45, 7) is 4.28. The fourth-order valence-electron chi connectivity index (χ4n) is 1.72. The molecule has 8 nitrogen and oxygen atoms in total. The summed E-state index contributed by atoms with van der Waals surface area (Å²) in [5.41, 5.74) is 6.89. The van der Waals surface area contributed by atoms with Crippen LogP contribution >= 0.6 is 0 Å². The van der Waals surface area contributed by atoms with Crippen molar-refractivity contribution in [2.45, 2.75) is 26.3 Å². The zero-order valence-electron chi connectivity index (χ0n) is 10.8. The molecule has 2 heterocycles. The average molecular weight is 264 g/mol. The third kappa shape index (κ3) is 2.72. The number of carboxylic acids is 1. The van der Waals surface area contributed by atoms with Gasteiger partial charge in [-0.25, -0.2) is 4.98 Å². The lowest BCUT2D eigenvalue weighted by Gasteiger charge is -2.09. The van der Waals surface area contributed by atoms with E-state index in [9.17, 15) is 4.79 Å². The number of anilines is 2. The maximum atomic E-state index is 10.5. The molecule has 102 valence electrons. The third-order valence-corrected chi connectivity index (χ3v) is 2.63. The fraction of sp³-hybridized carbons (Fsp3) is 0.455. The van der Waals surface area contributed by atoms with Crippen molar-refractivity contribution in [2.24, 2.45) is 0 Å². The summed E-state index contributed by atoms with van der Waals surface area (Å²) in [5, 5.41) is 11.5. The highest BCUT2D eigenvalue weighted by molar-refractivity contribution is 5.84. The highest BCUT2D eigenvalue weighted by Crippen LogP contribution is 2.22. The number of aliphatic carboxylic acids is 1. The number of nitrogens with zero attached hydrogens (tertiary/aromatic N) is 4. The van der Waals surface area contributed by atoms with E-state index in [1.807, 2.05) is 18.4 Å². The standard InChI is InChI=1S/C11H16N6O2/c1-6(2)17-5-14-8-9(13-4-3-7(18)19)15-11(12)16-10(8)17/h5-6H,3-4H2,1-2H3,(H,18,19)(H3,12,13,15,16). The van der Waals surface area contributed by atoms with Gasteiger partial charge < -0.3 is 20.7 Å². The Morgan fingerprint density at radius 3 is 2.89 bits per heavy atom. The van der Waals surface area contributed by atoms with E-state index in [1.165, 1.54) is 0 Å². The number of nitrogens with one attached hydrogen (secondary N) is 1. The lowest BCUT2D eigenvalue weighted by molar-refractivity contribution is -0.136. The van der Waals surface area contributed by atoms with Crippen molar-refractivity contribution in [1.29, 1.82) is 0 Å². The van der Waals surface area contributed by atoms with Crippen LogP contribution in [0.1, 0.15) is 26.3 Å². The van der Waals surface area contributed by atoms with Gasteiger partial charge in [0.25, 0.3) is 0 Å². The van der Waals surface area contributed by atoms with Crippen molar-refractivity contribution in [3.63, 3.8) is 0 Å². The molecule has 0 bridgehead atoms. The van der Waals surface area contributed by atoms with Gasteiger partial charge in [0.15, 0.2) is 17.0 Å². The Labute approximate surface area is 109 Å². The summed E-state index contributed by atoms with van der Waals surface area (Å²) in [7, 11) is 0. The van der Waals surface area contributed by atoms with Crippen LogP contribution in [-0.4, -0.2) is 37.1 Å². The van der Waals surface area contributed by atoms with E-state index in [2.05, 4.69) is 20.3 Å². The molecule has 0 aliphatic heterocycles. The first-order valence-corrected chi connectivity index (χ1v) is 5.94. The van der Waals surface area contributed by atoms with Gasteiger partial charge >= 0.3 is 5.97 Å². The van der Waals surface area contributed by atoms with Gasteiger partial charge in [0, 0.05) is 12.6 Å². The average Bonchev–Trinajstić information content (AvgIpc) is 2.71. The number of hydrogen-bond donors (Lipinski definition) is 3. The van der Waals surface area contributed by atoms with Gasteiger partial charge in [0.1, 0.15) is 0 Å². The van der Waals surface area contributed by atoms with E-state index in [-0.39, 0.29) is 25.0 Å². The van der Waals surface area contributed by atoms with Crippen molar-refractivity contribution in [3.8, 4) is 0 Å². The molecule has 0 atom stereocenters. The Morgan fingerprint density at radius 2 is 2.26 bits per heavy atom. The number of nitrogen functional groups attached to an aromatic ring is 1. The maximum absolute atomic E-state index is 10.5. The molecule has 0 radical (unpaired) electrons. The van der Waals surface area contributed by atoms with Crippen LogP contribution in [-0.2, 0) is 4.79 Å². The number of carboxylic acid groups (broad SMARTS) is 1. The van der Waals surface area contributed by atoms with Gasteiger partial charge in [0.05, 0.1) is 12.7 Å². The van der Waals surface area contributed by atoms with Crippen LogP contribution in [0.25, 0.3) is 11.2 Å². The van der Waals surface area contributed by atoms with E-state index in [1.54, 1.807) is 6.33 Å². The number of fused-ring (bicyclic) bond motifs is 1. The molecule has 0 spiro atoms. The monoisotopic (exact) mass is 264 g/mol. The van der Waals surface area contributed by atoms with E-state index in [0.717, 1.165) is 0 Å². The molecule has 2 aromatic rings. The van der Waals surface area contributed by atoms with Crippen LogP contribution in [0, 0.1) is 0 Å². The molecule has 2 rings (SSSR count). The first kappa shape index (κ1) is 13.1. The number of hydrogen-bond acceptors (Lipinski definition) is 6. The second kappa shape index (κ2) is 5.09. The van der Waals surface area contributed by atoms with Crippen molar-refractivity contribution in [1.82, 2.24) is 19.5 Å². The van der Waals surface area contributed by atoms with Gasteiger partial charge in [-0.2, -0.15) is 9.97 Å². The van der Waals surface area contributed by atoms with Crippen LogP contribution < -0.4 is 11.1 Å². The van der Waals surface area contributed by atoms with Crippen LogP contribution in [0.3, 0.4) is 0 Å². The molecule has 0 saturated carbocycles. The largest absolute Gasteiger partial charge is 0.481 e. The molecule has 0 amide bonds. The first-order valence-electron chi connectivity index (χ1n) is 5.94. The van der Waals surface area contributed by atoms with E-state index in [0.29, 0.717) is 17.0 Å². The summed E-state index contributed by atoms with van der Waals surface area (Å²) >= 11 is 0. The molecular weight excluding hydrogens is 248 g/mol. The smallest absolute Gasteiger partial charge is 0.305 e. The normalized spacial score (nSPS) is 11.1. The Balaban J connectivity index is 2.35. The summed E-state index contributed by atoms with van der Waals surface area (Å²) in [6, 6.07) is 0.200. The number of nitrogens with two attached hydrogens (primary N) is 1. The van der Waals surface area contributed by atoms with Gasteiger partial charge in [-0.3, -0.25) is 4.79 Å². The quantitative estimate of drug-likeness (QED) is 0.733. The zero-order chi connectivity index (χ0) is 14.0. The van der Waals surface area contributed by atoms with E-state index in [4.69, 9.17) is 10.8 Å². The summed E-state index contributed by atoms with van der Waals surface area (Å²) in [5.74, 6) is -0.283. The number of rotatable bonds is 5. The zero-order valence-corrected chi connectivity index (χ0v) is 10.8. The van der Waals surface area contributed by atoms with Crippen LogP contribution in [0.15, 0.2) is 6.33 Å². The predicted molar refractivity (Wildman–Crippen MR) is 70.9 cm³/mol. The molecule has 0 fully saturated rings. The topological polar surface area (TPSA) is 119 Å². The Kier molecular flexibility index (Phi) is 3.50. The molecule has 0 aliphatic carbocycles. The number of carbonyl (C=O) groups is 1. The van der Waals surface area contributed by atoms with Gasteiger partial charge in [0.2, 0.25) is 5.95 Å². The molecule has 0 unspecified atom stereocenters. The molecule has 2 aromatic heterocycles. The molecule has 0 aromatic carbocycles. The molecule has 4 N–H and O–H groups in total. The van der Waals surface area contributed by atoms with Crippen molar-refractivity contribution in [3.05, 3.63) is 6.33 Å². The van der Waals surface area contributed by atoms with Crippen LogP contribution in [0.4, 0.5) is 11.8 Å². The van der Waals surface area contributed by atoms with Crippen molar-refractivity contribution < 1.29 is 9.90 Å². The maximum Gasteiger partial charge on any atom is 0.305 e. The fourth-order valence-corrected chi connectivity index (χ4v) is 1.72. The van der Waals surface area contributed by atoms with Crippen molar-refractivity contribution in [2.75, 3.05) is 17.6 Å². The highest BCUT2D eigenvalue weighted by Gasteiger charge is 2.13. The molecule has 0 saturated heterocycles. The number of imidazole rings is 1. The van der Waals surface area contributed by atoms with Gasteiger partial charge in [-0.05, 0) is 13.8 Å². The van der Waals surface area contributed by atoms with Gasteiger partial charge in [-0.15, -0.1) is 0 Å². The Bertz CT molecular complexity index is 606. The van der Waals surface area contributed by atoms with Crippen molar-refractivity contribution >= 4 is 28.9 Å². The first-order chi connectivity index (χ1) is 8.99. The number of aromatic nitrogens is 4. The second-order valence-electron chi connectivity index (χ2n) is 4.42. The minimum atomic E-state index is -0.876. The summed E-state index contributed by atoms with van der Waals surface area (Å²) < 4.78 is 1.88. The van der Waals surface area contributed by atoms with Crippen LogP contribution in [0.2, 0.25) is 0 Å². The predicted octanol–water partition coefficient (Wildman–Crippen LogP) is 0.876. The molecule has 19 heavy (non-hydrogen) atoms. The second-order valence-corrected chi connectivity index (χ2v) is 4.42. The lowest BCUT2D eigenvalue weighted by Crippen LogP contribution is -2.11. The Morgan fingerprint density at radius 1 is 1.53 bits per heavy atom. The van der Waals surface area contributed by atoms with Gasteiger partial charge in [-0.1, -0.05) is 0 Å². The minimum absolute atomic E-state index is 0.00368. The minimum Gasteiger partial charge on any atom is -0.481 e. The Hall–Kier alpha value is -2.38. The summed E-state index contributed by atoms with van der Waals surface area (Å²) in [6.07, 6.45) is 1.67. The van der Waals surface area contributed by atoms with Crippen LogP contribution in [0.5, 0.6) is 0 Å². The highest BCUT2D eigenvalue weighted by atomic mass is 16.4.